The van der Waals surface area contributed by atoms with Crippen LogP contribution in [0.5, 0.6) is 0 Å². The van der Waals surface area contributed by atoms with Gasteiger partial charge >= 0.3 is 0 Å². The third-order valence-corrected chi connectivity index (χ3v) is 4.86. The van der Waals surface area contributed by atoms with Crippen LogP contribution >= 0.6 is 23.1 Å². The lowest BCUT2D eigenvalue weighted by Crippen LogP contribution is -2.06. The lowest BCUT2D eigenvalue weighted by atomic mass is 10.1. The Morgan fingerprint density at radius 2 is 2.46 bits per heavy atom. The molecule has 1 fully saturated rings. The molecule has 1 saturated carbocycles. The zero-order valence-electron chi connectivity index (χ0n) is 7.27. The molecule has 0 spiro atoms. The van der Waals surface area contributed by atoms with Gasteiger partial charge in [-0.25, -0.2) is 0 Å². The maximum Gasteiger partial charge on any atom is 0.0667 e. The molecule has 0 aromatic carbocycles. The Hall–Kier alpha value is -0.460. The fraction of sp³-hybridized carbons (Fsp3) is 0.500. The molecule has 0 bridgehead atoms. The minimum Gasteiger partial charge on any atom is -0.198 e. The molecule has 1 aliphatic carbocycles. The minimum absolute atomic E-state index is 0.284. The Bertz CT molecular complexity index is 299. The third kappa shape index (κ3) is 2.07. The molecule has 0 radical (unpaired) electrons. The van der Waals surface area contributed by atoms with Crippen LogP contribution < -0.4 is 0 Å². The number of nitrogens with zero attached hydrogens (tertiary/aromatic N) is 1. The topological polar surface area (TPSA) is 23.8 Å². The minimum atomic E-state index is 0.284. The lowest BCUT2D eigenvalue weighted by Gasteiger charge is -2.10. The van der Waals surface area contributed by atoms with Gasteiger partial charge < -0.3 is 0 Å². The van der Waals surface area contributed by atoms with Crippen molar-refractivity contribution < 1.29 is 0 Å². The highest BCUT2D eigenvalue weighted by atomic mass is 32.2. The van der Waals surface area contributed by atoms with Crippen LogP contribution in [-0.2, 0) is 0 Å². The molecule has 2 atom stereocenters. The summed E-state index contributed by atoms with van der Waals surface area (Å²) in [7, 11) is 0. The number of thiophene rings is 1. The van der Waals surface area contributed by atoms with Gasteiger partial charge in [0.05, 0.1) is 16.2 Å². The second kappa shape index (κ2) is 4.17. The van der Waals surface area contributed by atoms with Gasteiger partial charge in [0.15, 0.2) is 0 Å². The normalized spacial score (nSPS) is 27.3. The molecule has 1 aliphatic rings. The average Bonchev–Trinajstić information content (AvgIpc) is 2.76. The number of rotatable bonds is 2. The Labute approximate surface area is 86.8 Å². The van der Waals surface area contributed by atoms with E-state index in [2.05, 4.69) is 23.6 Å². The zero-order chi connectivity index (χ0) is 9.10. The molecule has 2 unspecified atom stereocenters. The van der Waals surface area contributed by atoms with E-state index in [-0.39, 0.29) is 5.92 Å². The Kier molecular flexibility index (Phi) is 2.92. The molecule has 68 valence electrons. The summed E-state index contributed by atoms with van der Waals surface area (Å²) in [6, 6.07) is 6.62. The van der Waals surface area contributed by atoms with Crippen molar-refractivity contribution in [3.8, 4) is 6.07 Å². The average molecular weight is 209 g/mol. The third-order valence-electron chi connectivity index (χ3n) is 2.38. The molecule has 1 heterocycles. The van der Waals surface area contributed by atoms with Crippen molar-refractivity contribution >= 4 is 23.1 Å². The molecule has 0 N–H and O–H groups in total. The molecule has 3 heteroatoms. The van der Waals surface area contributed by atoms with Crippen molar-refractivity contribution in [3.63, 3.8) is 0 Å². The first-order chi connectivity index (χ1) is 6.40. The molecular formula is C10H11NS2. The maximum absolute atomic E-state index is 8.91. The molecule has 1 nitrogen and oxygen atoms in total. The van der Waals surface area contributed by atoms with E-state index in [1.165, 1.54) is 17.1 Å². The summed E-state index contributed by atoms with van der Waals surface area (Å²) in [6.45, 7) is 0. The van der Waals surface area contributed by atoms with E-state index in [9.17, 15) is 0 Å². The van der Waals surface area contributed by atoms with Crippen molar-refractivity contribution in [3.05, 3.63) is 17.5 Å². The number of thioether (sulfide) groups is 1. The van der Waals surface area contributed by atoms with Gasteiger partial charge in [0.25, 0.3) is 0 Å². The van der Waals surface area contributed by atoms with Crippen molar-refractivity contribution in [1.82, 2.24) is 0 Å². The summed E-state index contributed by atoms with van der Waals surface area (Å²) in [5.41, 5.74) is 0. The van der Waals surface area contributed by atoms with Gasteiger partial charge in [-0.3, -0.25) is 0 Å². The Morgan fingerprint density at radius 1 is 1.54 bits per heavy atom. The quantitative estimate of drug-likeness (QED) is 0.744. The van der Waals surface area contributed by atoms with Gasteiger partial charge in [-0.15, -0.1) is 23.1 Å². The summed E-state index contributed by atoms with van der Waals surface area (Å²) in [5, 5.41) is 11.5. The molecule has 1 aromatic rings. The first-order valence-corrected chi connectivity index (χ1v) is 6.26. The molecular weight excluding hydrogens is 198 g/mol. The van der Waals surface area contributed by atoms with Gasteiger partial charge in [0.1, 0.15) is 0 Å². The van der Waals surface area contributed by atoms with E-state index in [1.807, 2.05) is 11.8 Å². The van der Waals surface area contributed by atoms with Gasteiger partial charge in [-0.2, -0.15) is 5.26 Å². The first kappa shape index (κ1) is 9.11. The highest BCUT2D eigenvalue weighted by molar-refractivity contribution is 8.01. The monoisotopic (exact) mass is 209 g/mol. The van der Waals surface area contributed by atoms with Crippen LogP contribution in [0.1, 0.15) is 19.3 Å². The van der Waals surface area contributed by atoms with Crippen molar-refractivity contribution in [1.29, 1.82) is 5.26 Å². The van der Waals surface area contributed by atoms with Crippen LogP contribution in [0.25, 0.3) is 0 Å². The summed E-state index contributed by atoms with van der Waals surface area (Å²) < 4.78 is 1.35. The fourth-order valence-electron chi connectivity index (χ4n) is 1.69. The van der Waals surface area contributed by atoms with Gasteiger partial charge in [0.2, 0.25) is 0 Å². The van der Waals surface area contributed by atoms with Gasteiger partial charge in [-0.05, 0) is 24.3 Å². The van der Waals surface area contributed by atoms with Crippen molar-refractivity contribution in [2.75, 3.05) is 0 Å². The molecule has 2 rings (SSSR count). The van der Waals surface area contributed by atoms with E-state index < -0.39 is 0 Å². The molecule has 0 saturated heterocycles. The highest BCUT2D eigenvalue weighted by Gasteiger charge is 2.27. The van der Waals surface area contributed by atoms with Crippen LogP contribution in [0, 0.1) is 17.2 Å². The molecule has 0 amide bonds. The largest absolute Gasteiger partial charge is 0.198 e. The molecule has 13 heavy (non-hydrogen) atoms. The Balaban J connectivity index is 1.99. The van der Waals surface area contributed by atoms with Crippen LogP contribution in [0.3, 0.4) is 0 Å². The standard InChI is InChI=1S/C10H11NS2/c11-7-8-3-1-4-9(8)13-10-5-2-6-12-10/h2,5-6,8-9H,1,3-4H2. The summed E-state index contributed by atoms with van der Waals surface area (Å²) >= 11 is 3.66. The maximum atomic E-state index is 8.91. The second-order valence-corrected chi connectivity index (χ2v) is 5.74. The van der Waals surface area contributed by atoms with E-state index in [1.54, 1.807) is 11.3 Å². The fourth-order valence-corrected chi connectivity index (χ4v) is 4.00. The second-order valence-electron chi connectivity index (χ2n) is 3.25. The van der Waals surface area contributed by atoms with E-state index >= 15 is 0 Å². The van der Waals surface area contributed by atoms with Crippen LogP contribution in [-0.4, -0.2) is 5.25 Å². The molecule has 1 aromatic heterocycles. The highest BCUT2D eigenvalue weighted by Crippen LogP contribution is 2.40. The first-order valence-electron chi connectivity index (χ1n) is 4.50. The smallest absolute Gasteiger partial charge is 0.0667 e. The van der Waals surface area contributed by atoms with Crippen LogP contribution in [0.4, 0.5) is 0 Å². The van der Waals surface area contributed by atoms with E-state index in [0.29, 0.717) is 5.25 Å². The molecule has 0 aliphatic heterocycles. The van der Waals surface area contributed by atoms with Gasteiger partial charge in [-0.1, -0.05) is 12.5 Å². The zero-order valence-corrected chi connectivity index (χ0v) is 8.90. The van der Waals surface area contributed by atoms with E-state index in [4.69, 9.17) is 5.26 Å². The predicted octanol–water partition coefficient (Wildman–Crippen LogP) is 3.53. The number of nitriles is 1. The summed E-state index contributed by atoms with van der Waals surface area (Å²) in [4.78, 5) is 0. The van der Waals surface area contributed by atoms with Crippen molar-refractivity contribution in [2.24, 2.45) is 5.92 Å². The Morgan fingerprint density at radius 3 is 3.15 bits per heavy atom. The van der Waals surface area contributed by atoms with Crippen LogP contribution in [0.15, 0.2) is 21.7 Å². The number of hydrogen-bond donors (Lipinski definition) is 0. The predicted molar refractivity (Wildman–Crippen MR) is 56.9 cm³/mol. The SMILES string of the molecule is N#CC1CCCC1Sc1cccs1. The summed E-state index contributed by atoms with van der Waals surface area (Å²) in [5.74, 6) is 0.284. The summed E-state index contributed by atoms with van der Waals surface area (Å²) in [6.07, 6.45) is 3.53. The lowest BCUT2D eigenvalue weighted by molar-refractivity contribution is 0.715. The van der Waals surface area contributed by atoms with Gasteiger partial charge in [0, 0.05) is 5.25 Å². The number of hydrogen-bond acceptors (Lipinski definition) is 3. The van der Waals surface area contributed by atoms with Crippen molar-refractivity contribution in [2.45, 2.75) is 28.7 Å². The van der Waals surface area contributed by atoms with Crippen LogP contribution in [0.2, 0.25) is 0 Å². The van der Waals surface area contributed by atoms with E-state index in [0.717, 1.165) is 6.42 Å².